The lowest BCUT2D eigenvalue weighted by Gasteiger charge is -2.23. The molecular formula is C21H20NO4P. The van der Waals surface area contributed by atoms with Crippen LogP contribution < -0.4 is 5.32 Å². The van der Waals surface area contributed by atoms with E-state index >= 15 is 0 Å². The average molecular weight is 381 g/mol. The van der Waals surface area contributed by atoms with Crippen molar-refractivity contribution < 1.29 is 19.1 Å². The monoisotopic (exact) mass is 381 g/mol. The van der Waals surface area contributed by atoms with Gasteiger partial charge in [-0.15, -0.1) is 0 Å². The third-order valence-corrected chi connectivity index (χ3v) is 6.34. The zero-order chi connectivity index (χ0) is 19.0. The van der Waals surface area contributed by atoms with E-state index in [0.29, 0.717) is 10.9 Å². The molecule has 138 valence electrons. The van der Waals surface area contributed by atoms with E-state index in [2.05, 4.69) is 5.32 Å². The first kappa shape index (κ1) is 17.9. The summed E-state index contributed by atoms with van der Waals surface area (Å²) >= 11 is 0. The summed E-state index contributed by atoms with van der Waals surface area (Å²) in [5.41, 5.74) is 1.01. The highest BCUT2D eigenvalue weighted by Crippen LogP contribution is 2.53. The van der Waals surface area contributed by atoms with E-state index in [-0.39, 0.29) is 6.04 Å². The van der Waals surface area contributed by atoms with Crippen molar-refractivity contribution in [1.29, 1.82) is 0 Å². The minimum atomic E-state index is -4.71. The van der Waals surface area contributed by atoms with Gasteiger partial charge in [0.25, 0.3) is 0 Å². The van der Waals surface area contributed by atoms with E-state index in [9.17, 15) is 19.1 Å². The number of benzene rings is 3. The van der Waals surface area contributed by atoms with Crippen LogP contribution in [-0.2, 0) is 15.8 Å². The van der Waals surface area contributed by atoms with Gasteiger partial charge in [0.05, 0.1) is 6.04 Å². The minimum Gasteiger partial charge on any atom is -0.348 e. The molecule has 0 saturated carbocycles. The lowest BCUT2D eigenvalue weighted by molar-refractivity contribution is -0.121. The predicted molar refractivity (Wildman–Crippen MR) is 104 cm³/mol. The summed E-state index contributed by atoms with van der Waals surface area (Å²) < 4.78 is 12.3. The zero-order valence-corrected chi connectivity index (χ0v) is 15.5. The van der Waals surface area contributed by atoms with Gasteiger partial charge in [0, 0.05) is 0 Å². The smallest absolute Gasteiger partial charge is 0.342 e. The van der Waals surface area contributed by atoms with Gasteiger partial charge in [-0.05, 0) is 40.3 Å². The molecule has 1 aliphatic carbocycles. The van der Waals surface area contributed by atoms with Crippen LogP contribution in [0, 0.1) is 0 Å². The first-order valence-electron chi connectivity index (χ1n) is 8.86. The van der Waals surface area contributed by atoms with Crippen molar-refractivity contribution in [2.24, 2.45) is 0 Å². The second-order valence-corrected chi connectivity index (χ2v) is 8.55. The molecule has 0 heterocycles. The van der Waals surface area contributed by atoms with Crippen LogP contribution >= 0.6 is 7.60 Å². The van der Waals surface area contributed by atoms with Crippen molar-refractivity contribution in [3.63, 3.8) is 0 Å². The van der Waals surface area contributed by atoms with Crippen LogP contribution in [0.15, 0.2) is 66.7 Å². The summed E-state index contributed by atoms with van der Waals surface area (Å²) in [7, 11) is -4.71. The molecule has 0 spiro atoms. The van der Waals surface area contributed by atoms with Gasteiger partial charge in [0.1, 0.15) is 0 Å². The number of fused-ring (bicyclic) bond motifs is 2. The van der Waals surface area contributed by atoms with Crippen LogP contribution in [0.5, 0.6) is 0 Å². The van der Waals surface area contributed by atoms with E-state index in [1.807, 2.05) is 42.5 Å². The fraction of sp³-hybridized carbons (Fsp3) is 0.190. The molecule has 4 rings (SSSR count). The van der Waals surface area contributed by atoms with E-state index in [1.165, 1.54) is 5.56 Å². The maximum Gasteiger partial charge on any atom is 0.342 e. The number of nitrogens with one attached hydrogen (secondary N) is 1. The highest BCUT2D eigenvalue weighted by molar-refractivity contribution is 7.53. The predicted octanol–water partition coefficient (Wildman–Crippen LogP) is 3.86. The van der Waals surface area contributed by atoms with Crippen molar-refractivity contribution in [3.8, 4) is 0 Å². The van der Waals surface area contributed by atoms with Crippen molar-refractivity contribution in [2.75, 3.05) is 0 Å². The second-order valence-electron chi connectivity index (χ2n) is 6.86. The zero-order valence-electron chi connectivity index (χ0n) is 14.6. The van der Waals surface area contributed by atoms with Gasteiger partial charge < -0.3 is 15.1 Å². The summed E-state index contributed by atoms with van der Waals surface area (Å²) in [4.78, 5) is 33.0. The molecule has 1 aliphatic rings. The molecule has 27 heavy (non-hydrogen) atoms. The second kappa shape index (κ2) is 6.93. The molecule has 3 aromatic rings. The molecule has 0 saturated heterocycles. The fourth-order valence-electron chi connectivity index (χ4n) is 3.92. The van der Waals surface area contributed by atoms with Crippen LogP contribution in [0.25, 0.3) is 10.8 Å². The van der Waals surface area contributed by atoms with Crippen molar-refractivity contribution in [3.05, 3.63) is 83.4 Å². The van der Waals surface area contributed by atoms with Crippen LogP contribution in [0.1, 0.15) is 34.8 Å². The first-order valence-corrected chi connectivity index (χ1v) is 10.5. The number of amides is 1. The van der Waals surface area contributed by atoms with Gasteiger partial charge in [0.15, 0.2) is 5.66 Å². The maximum atomic E-state index is 13.0. The van der Waals surface area contributed by atoms with E-state index in [4.69, 9.17) is 0 Å². The standard InChI is InChI=1S/C21H20NO4P/c23-21(22-19-13-12-15-7-2-4-10-17(15)19)20(27(24,25)26)18-11-5-8-14-6-1-3-9-16(14)18/h1-11,19-20H,12-13H2,(H,22,23)(H2,24,25,26). The summed E-state index contributed by atoms with van der Waals surface area (Å²) in [5, 5.41) is 4.39. The summed E-state index contributed by atoms with van der Waals surface area (Å²) in [5.74, 6) is -0.638. The number of carbonyl (C=O) groups is 1. The summed E-state index contributed by atoms with van der Waals surface area (Å²) in [6, 6.07) is 20.1. The molecule has 0 fully saturated rings. The third kappa shape index (κ3) is 3.42. The molecule has 1 amide bonds. The molecule has 0 aromatic heterocycles. The highest BCUT2D eigenvalue weighted by atomic mass is 31.2. The molecule has 2 atom stereocenters. The SMILES string of the molecule is O=C(NC1CCc2ccccc21)C(c1cccc2ccccc12)P(=O)(O)O. The largest absolute Gasteiger partial charge is 0.348 e. The van der Waals surface area contributed by atoms with Crippen LogP contribution in [-0.4, -0.2) is 15.7 Å². The van der Waals surface area contributed by atoms with Gasteiger partial charge in [-0.25, -0.2) is 0 Å². The van der Waals surface area contributed by atoms with Crippen molar-refractivity contribution >= 4 is 24.3 Å². The maximum absolute atomic E-state index is 13.0. The Morgan fingerprint density at radius 1 is 1.00 bits per heavy atom. The van der Waals surface area contributed by atoms with E-state index in [0.717, 1.165) is 23.8 Å². The Morgan fingerprint density at radius 3 is 2.52 bits per heavy atom. The summed E-state index contributed by atoms with van der Waals surface area (Å²) in [6.07, 6.45) is 1.57. The van der Waals surface area contributed by atoms with Crippen molar-refractivity contribution in [1.82, 2.24) is 5.32 Å². The quantitative estimate of drug-likeness (QED) is 0.599. The molecule has 0 bridgehead atoms. The number of aryl methyl sites for hydroxylation is 1. The lowest BCUT2D eigenvalue weighted by atomic mass is 10.0. The first-order chi connectivity index (χ1) is 12.9. The Labute approximate surface area is 157 Å². The van der Waals surface area contributed by atoms with E-state index in [1.54, 1.807) is 24.3 Å². The molecule has 0 aliphatic heterocycles. The van der Waals surface area contributed by atoms with Gasteiger partial charge >= 0.3 is 7.60 Å². The molecule has 6 heteroatoms. The van der Waals surface area contributed by atoms with Crippen molar-refractivity contribution in [2.45, 2.75) is 24.5 Å². The normalized spacial score (nSPS) is 17.5. The highest BCUT2D eigenvalue weighted by Gasteiger charge is 2.39. The Kier molecular flexibility index (Phi) is 4.60. The fourth-order valence-corrected chi connectivity index (χ4v) is 4.89. The number of rotatable bonds is 4. The Bertz CT molecular complexity index is 1050. The van der Waals surface area contributed by atoms with Gasteiger partial charge in [-0.2, -0.15) is 0 Å². The molecule has 3 N–H and O–H groups in total. The minimum absolute atomic E-state index is 0.224. The Morgan fingerprint density at radius 2 is 1.70 bits per heavy atom. The van der Waals surface area contributed by atoms with Gasteiger partial charge in [0.2, 0.25) is 5.91 Å². The number of carbonyl (C=O) groups excluding carboxylic acids is 1. The van der Waals surface area contributed by atoms with Gasteiger partial charge in [-0.3, -0.25) is 9.36 Å². The third-order valence-electron chi connectivity index (χ3n) is 5.15. The van der Waals surface area contributed by atoms with Crippen LogP contribution in [0.3, 0.4) is 0 Å². The molecule has 2 unspecified atom stereocenters. The average Bonchev–Trinajstić information content (AvgIpc) is 3.04. The van der Waals surface area contributed by atoms with Crippen LogP contribution in [0.4, 0.5) is 0 Å². The molecule has 3 aromatic carbocycles. The number of hydrogen-bond donors (Lipinski definition) is 3. The Hall–Kier alpha value is -2.46. The number of hydrogen-bond acceptors (Lipinski definition) is 2. The topological polar surface area (TPSA) is 86.6 Å². The molecular weight excluding hydrogens is 361 g/mol. The van der Waals surface area contributed by atoms with Crippen LogP contribution in [0.2, 0.25) is 0 Å². The lowest BCUT2D eigenvalue weighted by Crippen LogP contribution is -2.32. The summed E-state index contributed by atoms with van der Waals surface area (Å²) in [6.45, 7) is 0. The Balaban J connectivity index is 1.71. The molecule has 0 radical (unpaired) electrons. The van der Waals surface area contributed by atoms with Gasteiger partial charge in [-0.1, -0.05) is 66.7 Å². The van der Waals surface area contributed by atoms with E-state index < -0.39 is 19.2 Å². The molecule has 5 nitrogen and oxygen atoms in total.